The summed E-state index contributed by atoms with van der Waals surface area (Å²) in [5.41, 5.74) is 3.19. The van der Waals surface area contributed by atoms with E-state index in [9.17, 15) is 18.8 Å². The Morgan fingerprint density at radius 2 is 1.93 bits per heavy atom. The van der Waals surface area contributed by atoms with Crippen LogP contribution in [0.4, 0.5) is 4.39 Å². The number of benzene rings is 2. The maximum Gasteiger partial charge on any atom is 0.306 e. The lowest BCUT2D eigenvalue weighted by molar-refractivity contribution is -0.142. The van der Waals surface area contributed by atoms with Crippen LogP contribution >= 0.6 is 0 Å². The molecule has 1 N–H and O–H groups in total. The third-order valence-corrected chi connectivity index (χ3v) is 5.02. The van der Waals surface area contributed by atoms with Gasteiger partial charge in [-0.25, -0.2) is 4.39 Å². The monoisotopic (exact) mass is 413 g/mol. The first kappa shape index (κ1) is 21.5. The molecule has 1 heterocycles. The van der Waals surface area contributed by atoms with Crippen molar-refractivity contribution in [3.8, 4) is 16.9 Å². The third kappa shape index (κ3) is 4.84. The number of nitrogens with one attached hydrogen (secondary N) is 1. The number of ether oxygens (including phenoxy) is 2. The predicted molar refractivity (Wildman–Crippen MR) is 109 cm³/mol. The number of hydrogen-bond donors (Lipinski definition) is 1. The lowest BCUT2D eigenvalue weighted by Crippen LogP contribution is -2.34. The molecule has 158 valence electrons. The summed E-state index contributed by atoms with van der Waals surface area (Å²) in [7, 11) is 1.28. The van der Waals surface area contributed by atoms with Gasteiger partial charge < -0.3 is 14.8 Å². The molecule has 3 rings (SSSR count). The Morgan fingerprint density at radius 1 is 1.17 bits per heavy atom. The Bertz CT molecular complexity index is 1000. The Morgan fingerprint density at radius 3 is 2.63 bits per heavy atom. The van der Waals surface area contributed by atoms with Crippen LogP contribution in [0, 0.1) is 12.7 Å². The zero-order valence-corrected chi connectivity index (χ0v) is 17.2. The topological polar surface area (TPSA) is 81.7 Å². The number of hydrogen-bond acceptors (Lipinski definition) is 5. The molecule has 0 bridgehead atoms. The van der Waals surface area contributed by atoms with Gasteiger partial charge in [0.1, 0.15) is 17.7 Å². The van der Waals surface area contributed by atoms with Crippen LogP contribution in [-0.4, -0.2) is 37.4 Å². The molecule has 0 aliphatic carbocycles. The van der Waals surface area contributed by atoms with Gasteiger partial charge in [-0.05, 0) is 49.2 Å². The molecule has 0 aromatic heterocycles. The van der Waals surface area contributed by atoms with Gasteiger partial charge in [-0.2, -0.15) is 0 Å². The SMILES string of the molecule is COC(=O)CCC(=O)NC[C@@H]1Cc2cc(C)cc(-c3cc(C(C)=O)ccc3F)c2O1. The minimum atomic E-state index is -0.440. The molecule has 2 aromatic rings. The fourth-order valence-corrected chi connectivity index (χ4v) is 3.49. The smallest absolute Gasteiger partial charge is 0.306 e. The van der Waals surface area contributed by atoms with E-state index in [0.29, 0.717) is 28.9 Å². The number of rotatable bonds is 7. The molecule has 1 aliphatic heterocycles. The molecular weight excluding hydrogens is 389 g/mol. The van der Waals surface area contributed by atoms with E-state index in [1.807, 2.05) is 19.1 Å². The second-order valence-corrected chi connectivity index (χ2v) is 7.38. The second kappa shape index (κ2) is 9.07. The van der Waals surface area contributed by atoms with E-state index >= 15 is 0 Å². The molecule has 0 spiro atoms. The van der Waals surface area contributed by atoms with Gasteiger partial charge in [-0.15, -0.1) is 0 Å². The number of ketones is 1. The Kier molecular flexibility index (Phi) is 6.50. The number of methoxy groups -OCH3 is 1. The predicted octanol–water partition coefficient (Wildman–Crippen LogP) is 3.38. The summed E-state index contributed by atoms with van der Waals surface area (Å²) < 4.78 is 25.2. The standard InChI is InChI=1S/C23H24FNO5/c1-13-8-16-10-17(12-25-21(27)6-7-22(28)29-3)30-23(16)19(9-13)18-11-15(14(2)26)4-5-20(18)24/h4-5,8-9,11,17H,6-7,10,12H2,1-3H3,(H,25,27)/t17-/m0/s1. The van der Waals surface area contributed by atoms with Crippen molar-refractivity contribution in [2.75, 3.05) is 13.7 Å². The number of amides is 1. The number of fused-ring (bicyclic) bond motifs is 1. The fourth-order valence-electron chi connectivity index (χ4n) is 3.49. The zero-order valence-electron chi connectivity index (χ0n) is 17.2. The molecule has 0 radical (unpaired) electrons. The van der Waals surface area contributed by atoms with Gasteiger partial charge in [0.05, 0.1) is 20.1 Å². The molecular formula is C23H24FNO5. The Balaban J connectivity index is 1.76. The first-order chi connectivity index (χ1) is 14.3. The number of carbonyl (C=O) groups is 3. The van der Waals surface area contributed by atoms with Gasteiger partial charge in [0, 0.05) is 29.5 Å². The van der Waals surface area contributed by atoms with E-state index in [0.717, 1.165) is 11.1 Å². The molecule has 1 amide bonds. The van der Waals surface area contributed by atoms with E-state index in [2.05, 4.69) is 10.1 Å². The largest absolute Gasteiger partial charge is 0.487 e. The number of carbonyl (C=O) groups excluding carboxylic acids is 3. The van der Waals surface area contributed by atoms with Crippen LogP contribution in [0.2, 0.25) is 0 Å². The van der Waals surface area contributed by atoms with Gasteiger partial charge in [0.15, 0.2) is 5.78 Å². The van der Waals surface area contributed by atoms with Crippen molar-refractivity contribution in [2.24, 2.45) is 0 Å². The van der Waals surface area contributed by atoms with Crippen LogP contribution in [0.15, 0.2) is 30.3 Å². The van der Waals surface area contributed by atoms with Crippen LogP contribution in [0.3, 0.4) is 0 Å². The number of esters is 1. The first-order valence-corrected chi connectivity index (χ1v) is 9.73. The number of halogens is 1. The summed E-state index contributed by atoms with van der Waals surface area (Å²) >= 11 is 0. The van der Waals surface area contributed by atoms with E-state index in [1.165, 1.54) is 32.2 Å². The van der Waals surface area contributed by atoms with Gasteiger partial charge in [-0.1, -0.05) is 6.07 Å². The van der Waals surface area contributed by atoms with Crippen LogP contribution < -0.4 is 10.1 Å². The van der Waals surface area contributed by atoms with Crippen molar-refractivity contribution in [2.45, 2.75) is 39.2 Å². The fraction of sp³-hybridized carbons (Fsp3) is 0.348. The summed E-state index contributed by atoms with van der Waals surface area (Å²) in [5, 5.41) is 2.76. The van der Waals surface area contributed by atoms with Crippen molar-refractivity contribution in [3.63, 3.8) is 0 Å². The second-order valence-electron chi connectivity index (χ2n) is 7.38. The normalized spacial score (nSPS) is 14.6. The summed E-state index contributed by atoms with van der Waals surface area (Å²) in [4.78, 5) is 34.8. The molecule has 0 unspecified atom stereocenters. The molecule has 7 heteroatoms. The molecule has 6 nitrogen and oxygen atoms in total. The van der Waals surface area contributed by atoms with Crippen LogP contribution in [0.25, 0.3) is 11.1 Å². The van der Waals surface area contributed by atoms with Crippen molar-refractivity contribution in [1.82, 2.24) is 5.32 Å². The number of Topliss-reactive ketones (excluding diaryl/α,β-unsaturated/α-hetero) is 1. The van der Waals surface area contributed by atoms with Crippen LogP contribution in [0.1, 0.15) is 41.3 Å². The first-order valence-electron chi connectivity index (χ1n) is 9.73. The molecule has 30 heavy (non-hydrogen) atoms. The maximum atomic E-state index is 14.6. The van der Waals surface area contributed by atoms with Crippen LogP contribution in [0.5, 0.6) is 5.75 Å². The van der Waals surface area contributed by atoms with Gasteiger partial charge in [-0.3, -0.25) is 14.4 Å². The maximum absolute atomic E-state index is 14.6. The van der Waals surface area contributed by atoms with Gasteiger partial charge in [0.2, 0.25) is 5.91 Å². The lowest BCUT2D eigenvalue weighted by Gasteiger charge is -2.15. The van der Waals surface area contributed by atoms with Crippen molar-refractivity contribution < 1.29 is 28.2 Å². The number of aryl methyl sites for hydroxylation is 1. The molecule has 0 saturated carbocycles. The minimum absolute atomic E-state index is 0.0171. The van der Waals surface area contributed by atoms with E-state index in [-0.39, 0.29) is 37.2 Å². The Hall–Kier alpha value is -3.22. The summed E-state index contributed by atoms with van der Waals surface area (Å²) in [6, 6.07) is 8.10. The molecule has 0 fully saturated rings. The third-order valence-electron chi connectivity index (χ3n) is 5.02. The molecule has 2 aromatic carbocycles. The van der Waals surface area contributed by atoms with E-state index in [4.69, 9.17) is 4.74 Å². The highest BCUT2D eigenvalue weighted by molar-refractivity contribution is 5.95. The summed E-state index contributed by atoms with van der Waals surface area (Å²) in [6.45, 7) is 3.62. The highest BCUT2D eigenvalue weighted by Gasteiger charge is 2.28. The van der Waals surface area contributed by atoms with E-state index < -0.39 is 11.8 Å². The highest BCUT2D eigenvalue weighted by atomic mass is 19.1. The van der Waals surface area contributed by atoms with Crippen LogP contribution in [-0.2, 0) is 20.7 Å². The van der Waals surface area contributed by atoms with E-state index in [1.54, 1.807) is 0 Å². The Labute approximate surface area is 174 Å². The van der Waals surface area contributed by atoms with Crippen molar-refractivity contribution in [1.29, 1.82) is 0 Å². The molecule has 1 aliphatic rings. The van der Waals surface area contributed by atoms with Gasteiger partial charge in [0.25, 0.3) is 0 Å². The van der Waals surface area contributed by atoms with Crippen molar-refractivity contribution >= 4 is 17.7 Å². The molecule has 0 saturated heterocycles. The van der Waals surface area contributed by atoms with Crippen molar-refractivity contribution in [3.05, 3.63) is 52.8 Å². The average Bonchev–Trinajstić information content (AvgIpc) is 3.12. The highest BCUT2D eigenvalue weighted by Crippen LogP contribution is 2.41. The minimum Gasteiger partial charge on any atom is -0.487 e. The summed E-state index contributed by atoms with van der Waals surface area (Å²) in [6.07, 6.45) is 0.319. The van der Waals surface area contributed by atoms with Gasteiger partial charge >= 0.3 is 5.97 Å². The zero-order chi connectivity index (χ0) is 21.8. The quantitative estimate of drug-likeness (QED) is 0.556. The summed E-state index contributed by atoms with van der Waals surface area (Å²) in [5.74, 6) is -0.722. The lowest BCUT2D eigenvalue weighted by atomic mass is 9.95. The molecule has 1 atom stereocenters. The average molecular weight is 413 g/mol.